The molecule has 0 aromatic rings. The number of ether oxygens (including phenoxy) is 1. The van der Waals surface area contributed by atoms with Crippen LogP contribution in [-0.4, -0.2) is 54.9 Å². The quantitative estimate of drug-likeness (QED) is 0.732. The standard InChI is InChI=1S/C13H24N2O4/c1-3-4-5-11(12(16)17)14-13(18)15-7-6-10(8-15)9-19-2/h10-11H,3-9H2,1-2H3,(H,14,18)(H,16,17)/t10?,11-/m0/s1. The largest absolute Gasteiger partial charge is 0.480 e. The summed E-state index contributed by atoms with van der Waals surface area (Å²) in [6, 6.07) is -1.06. The molecule has 0 radical (unpaired) electrons. The minimum absolute atomic E-state index is 0.276. The smallest absolute Gasteiger partial charge is 0.326 e. The summed E-state index contributed by atoms with van der Waals surface area (Å²) in [7, 11) is 1.65. The number of carbonyl (C=O) groups is 2. The van der Waals surface area contributed by atoms with Gasteiger partial charge in [0.15, 0.2) is 0 Å². The van der Waals surface area contributed by atoms with Gasteiger partial charge in [0, 0.05) is 26.1 Å². The molecule has 0 saturated carbocycles. The summed E-state index contributed by atoms with van der Waals surface area (Å²) in [6.07, 6.45) is 3.10. The Morgan fingerprint density at radius 1 is 1.53 bits per heavy atom. The molecule has 0 aromatic heterocycles. The topological polar surface area (TPSA) is 78.9 Å². The molecule has 1 aliphatic heterocycles. The maximum absolute atomic E-state index is 12.0. The summed E-state index contributed by atoms with van der Waals surface area (Å²) in [5.41, 5.74) is 0. The van der Waals surface area contributed by atoms with Gasteiger partial charge in [-0.05, 0) is 12.8 Å². The van der Waals surface area contributed by atoms with E-state index >= 15 is 0 Å². The van der Waals surface area contributed by atoms with Gasteiger partial charge >= 0.3 is 12.0 Å². The third-order valence-electron chi connectivity index (χ3n) is 3.42. The first-order chi connectivity index (χ1) is 9.08. The van der Waals surface area contributed by atoms with Crippen molar-refractivity contribution in [1.29, 1.82) is 0 Å². The Bertz CT molecular complexity index is 309. The molecule has 0 aromatic carbocycles. The van der Waals surface area contributed by atoms with Crippen LogP contribution < -0.4 is 5.32 Å². The van der Waals surface area contributed by atoms with Gasteiger partial charge in [-0.3, -0.25) is 0 Å². The number of carboxylic acids is 1. The van der Waals surface area contributed by atoms with Gasteiger partial charge in [0.1, 0.15) is 6.04 Å². The lowest BCUT2D eigenvalue weighted by atomic mass is 10.1. The van der Waals surface area contributed by atoms with Gasteiger partial charge < -0.3 is 20.1 Å². The molecule has 0 aliphatic carbocycles. The van der Waals surface area contributed by atoms with Crippen LogP contribution in [-0.2, 0) is 9.53 Å². The highest BCUT2D eigenvalue weighted by Crippen LogP contribution is 2.16. The highest BCUT2D eigenvalue weighted by Gasteiger charge is 2.28. The van der Waals surface area contributed by atoms with Crippen LogP contribution in [0.25, 0.3) is 0 Å². The Morgan fingerprint density at radius 3 is 2.84 bits per heavy atom. The number of nitrogens with one attached hydrogen (secondary N) is 1. The highest BCUT2D eigenvalue weighted by molar-refractivity contribution is 5.82. The first-order valence-corrected chi connectivity index (χ1v) is 6.85. The SMILES string of the molecule is CCCC[C@H](NC(=O)N1CCC(COC)C1)C(=O)O. The van der Waals surface area contributed by atoms with Gasteiger partial charge in [-0.15, -0.1) is 0 Å². The number of amides is 2. The predicted molar refractivity (Wildman–Crippen MR) is 71.0 cm³/mol. The fourth-order valence-corrected chi connectivity index (χ4v) is 2.29. The van der Waals surface area contributed by atoms with Crippen LogP contribution in [0.5, 0.6) is 0 Å². The second-order valence-corrected chi connectivity index (χ2v) is 5.04. The van der Waals surface area contributed by atoms with Crippen molar-refractivity contribution in [3.05, 3.63) is 0 Å². The number of likely N-dealkylation sites (tertiary alicyclic amines) is 1. The second kappa shape index (κ2) is 7.99. The molecule has 1 heterocycles. The molecule has 6 nitrogen and oxygen atoms in total. The van der Waals surface area contributed by atoms with E-state index in [4.69, 9.17) is 9.84 Å². The van der Waals surface area contributed by atoms with Crippen LogP contribution in [0.3, 0.4) is 0 Å². The number of unbranched alkanes of at least 4 members (excludes halogenated alkanes) is 1. The lowest BCUT2D eigenvalue weighted by molar-refractivity contribution is -0.139. The van der Waals surface area contributed by atoms with E-state index in [1.165, 1.54) is 0 Å². The molecular weight excluding hydrogens is 248 g/mol. The number of hydrogen-bond donors (Lipinski definition) is 2. The predicted octanol–water partition coefficient (Wildman–Crippen LogP) is 1.31. The molecule has 110 valence electrons. The monoisotopic (exact) mass is 272 g/mol. The van der Waals surface area contributed by atoms with Crippen molar-refractivity contribution in [3.8, 4) is 0 Å². The zero-order valence-electron chi connectivity index (χ0n) is 11.7. The molecule has 19 heavy (non-hydrogen) atoms. The Kier molecular flexibility index (Phi) is 6.62. The third kappa shape index (κ3) is 5.06. The minimum atomic E-state index is -0.963. The van der Waals surface area contributed by atoms with Crippen LogP contribution in [0.15, 0.2) is 0 Å². The maximum atomic E-state index is 12.0. The highest BCUT2D eigenvalue weighted by atomic mass is 16.5. The average molecular weight is 272 g/mol. The number of methoxy groups -OCH3 is 1. The number of hydrogen-bond acceptors (Lipinski definition) is 3. The Hall–Kier alpha value is -1.30. The molecule has 0 spiro atoms. The van der Waals surface area contributed by atoms with Gasteiger partial charge in [0.25, 0.3) is 0 Å². The molecule has 1 unspecified atom stereocenters. The molecule has 1 fully saturated rings. The lowest BCUT2D eigenvalue weighted by Gasteiger charge is -2.21. The van der Waals surface area contributed by atoms with Crippen molar-refractivity contribution >= 4 is 12.0 Å². The van der Waals surface area contributed by atoms with Crippen molar-refractivity contribution in [2.24, 2.45) is 5.92 Å². The van der Waals surface area contributed by atoms with Gasteiger partial charge in [-0.2, -0.15) is 0 Å². The van der Waals surface area contributed by atoms with Gasteiger partial charge in [0.2, 0.25) is 0 Å². The second-order valence-electron chi connectivity index (χ2n) is 5.04. The van der Waals surface area contributed by atoms with Gasteiger partial charge in [0.05, 0.1) is 6.61 Å². The Labute approximate surface area is 114 Å². The van der Waals surface area contributed by atoms with E-state index in [0.29, 0.717) is 32.0 Å². The van der Waals surface area contributed by atoms with Crippen LogP contribution in [0.1, 0.15) is 32.6 Å². The van der Waals surface area contributed by atoms with E-state index in [-0.39, 0.29) is 6.03 Å². The summed E-state index contributed by atoms with van der Waals surface area (Å²) >= 11 is 0. The molecule has 0 bridgehead atoms. The number of carbonyl (C=O) groups excluding carboxylic acids is 1. The Morgan fingerprint density at radius 2 is 2.26 bits per heavy atom. The molecule has 6 heteroatoms. The van der Waals surface area contributed by atoms with Crippen LogP contribution in [0.4, 0.5) is 4.79 Å². The third-order valence-corrected chi connectivity index (χ3v) is 3.42. The fraction of sp³-hybridized carbons (Fsp3) is 0.846. The minimum Gasteiger partial charge on any atom is -0.480 e. The number of aliphatic carboxylic acids is 1. The fourth-order valence-electron chi connectivity index (χ4n) is 2.29. The van der Waals surface area contributed by atoms with E-state index < -0.39 is 12.0 Å². The first kappa shape index (κ1) is 15.8. The van der Waals surface area contributed by atoms with E-state index in [1.54, 1.807) is 12.0 Å². The first-order valence-electron chi connectivity index (χ1n) is 6.85. The van der Waals surface area contributed by atoms with Gasteiger partial charge in [-0.25, -0.2) is 9.59 Å². The molecule has 1 rings (SSSR count). The molecule has 2 amide bonds. The van der Waals surface area contributed by atoms with Crippen LogP contribution in [0, 0.1) is 5.92 Å². The van der Waals surface area contributed by atoms with E-state index in [2.05, 4.69) is 5.32 Å². The van der Waals surface area contributed by atoms with Gasteiger partial charge in [-0.1, -0.05) is 19.8 Å². The average Bonchev–Trinajstić information content (AvgIpc) is 2.83. The van der Waals surface area contributed by atoms with E-state index in [1.807, 2.05) is 6.92 Å². The normalized spacial score (nSPS) is 20.3. The zero-order valence-corrected chi connectivity index (χ0v) is 11.7. The van der Waals surface area contributed by atoms with Crippen LogP contribution >= 0.6 is 0 Å². The molecule has 1 aliphatic rings. The number of rotatable bonds is 7. The van der Waals surface area contributed by atoms with Crippen molar-refractivity contribution in [1.82, 2.24) is 10.2 Å². The molecule has 1 saturated heterocycles. The Balaban J connectivity index is 2.42. The van der Waals surface area contributed by atoms with Crippen molar-refractivity contribution in [3.63, 3.8) is 0 Å². The maximum Gasteiger partial charge on any atom is 0.326 e. The summed E-state index contributed by atoms with van der Waals surface area (Å²) in [5, 5.41) is 11.7. The van der Waals surface area contributed by atoms with Crippen molar-refractivity contribution < 1.29 is 19.4 Å². The zero-order chi connectivity index (χ0) is 14.3. The van der Waals surface area contributed by atoms with E-state index in [9.17, 15) is 9.59 Å². The number of nitrogens with zero attached hydrogens (tertiary/aromatic N) is 1. The summed E-state index contributed by atoms with van der Waals surface area (Å²) in [6.45, 7) is 3.94. The molecule has 2 N–H and O–H groups in total. The number of carboxylic acid groups (broad SMARTS) is 1. The summed E-state index contributed by atoms with van der Waals surface area (Å²) < 4.78 is 5.07. The van der Waals surface area contributed by atoms with Crippen molar-refractivity contribution in [2.45, 2.75) is 38.6 Å². The van der Waals surface area contributed by atoms with Crippen LogP contribution in [0.2, 0.25) is 0 Å². The lowest BCUT2D eigenvalue weighted by Crippen LogP contribution is -2.47. The summed E-state index contributed by atoms with van der Waals surface area (Å²) in [5.74, 6) is -0.607. The molecular formula is C13H24N2O4. The summed E-state index contributed by atoms with van der Waals surface area (Å²) in [4.78, 5) is 24.7. The number of urea groups is 1. The van der Waals surface area contributed by atoms with Crippen molar-refractivity contribution in [2.75, 3.05) is 26.8 Å². The molecule has 2 atom stereocenters. The van der Waals surface area contributed by atoms with E-state index in [0.717, 1.165) is 19.3 Å².